The van der Waals surface area contributed by atoms with Gasteiger partial charge in [0.05, 0.1) is 22.0 Å². The molecule has 6 rings (SSSR count). The molecule has 1 amide bonds. The zero-order valence-corrected chi connectivity index (χ0v) is 29.4. The van der Waals surface area contributed by atoms with Crippen molar-refractivity contribution in [3.63, 3.8) is 0 Å². The van der Waals surface area contributed by atoms with Crippen molar-refractivity contribution in [2.24, 2.45) is 15.3 Å². The molecule has 0 unspecified atom stereocenters. The molecule has 0 spiro atoms. The number of anilines is 2. The number of hydrogen-bond acceptors (Lipinski definition) is 12. The quantitative estimate of drug-likeness (QED) is 0.0637. The van der Waals surface area contributed by atoms with Gasteiger partial charge in [-0.25, -0.2) is 0 Å². The maximum absolute atomic E-state index is 13.0. The van der Waals surface area contributed by atoms with E-state index in [1.807, 2.05) is 0 Å². The molecule has 1 aliphatic carbocycles. The number of hydrazone groups is 1. The Morgan fingerprint density at radius 3 is 2.02 bits per heavy atom. The maximum Gasteiger partial charge on any atom is 0.295 e. The molecule has 0 saturated heterocycles. The largest absolute Gasteiger partial charge is 0.322 e. The molecule has 5 aromatic carbocycles. The molecule has 0 radical (unpaired) electrons. The Morgan fingerprint density at radius 1 is 0.698 bits per heavy atom. The highest BCUT2D eigenvalue weighted by Gasteiger charge is 2.30. The van der Waals surface area contributed by atoms with Crippen molar-refractivity contribution in [1.29, 1.82) is 0 Å². The number of aryl methyl sites for hydroxylation is 1. The van der Waals surface area contributed by atoms with Crippen molar-refractivity contribution in [3.8, 4) is 0 Å². The Kier molecular flexibility index (Phi) is 9.64. The Balaban J connectivity index is 1.14. The van der Waals surface area contributed by atoms with Crippen LogP contribution in [0.5, 0.6) is 0 Å². The number of rotatable bonds is 9. The van der Waals surface area contributed by atoms with Crippen molar-refractivity contribution >= 4 is 86.2 Å². The van der Waals surface area contributed by atoms with Crippen LogP contribution in [-0.2, 0) is 30.4 Å². The molecule has 0 aromatic heterocycles. The fourth-order valence-electron chi connectivity index (χ4n) is 5.29. The summed E-state index contributed by atoms with van der Waals surface area (Å²) in [5.74, 6) is -1.01. The van der Waals surface area contributed by atoms with Crippen LogP contribution >= 0.6 is 0 Å². The molecule has 0 atom stereocenters. The van der Waals surface area contributed by atoms with Crippen LogP contribution in [0.1, 0.15) is 31.8 Å². The number of hydrogen-bond donors (Lipinski definition) is 5. The normalized spacial score (nSPS) is 14.3. The van der Waals surface area contributed by atoms with Gasteiger partial charge in [0.25, 0.3) is 36.3 Å². The highest BCUT2D eigenvalue weighted by molar-refractivity contribution is 7.95. The van der Waals surface area contributed by atoms with Crippen LogP contribution in [0, 0.1) is 6.92 Å². The lowest BCUT2D eigenvalue weighted by Gasteiger charge is -2.16. The van der Waals surface area contributed by atoms with Crippen LogP contribution in [0.25, 0.3) is 15.7 Å². The first-order chi connectivity index (χ1) is 24.9. The predicted octanol–water partition coefficient (Wildman–Crippen LogP) is 6.20. The van der Waals surface area contributed by atoms with Gasteiger partial charge in [0.15, 0.2) is 0 Å². The first-order valence-corrected chi connectivity index (χ1v) is 19.3. The minimum absolute atomic E-state index is 0.0554. The van der Waals surface area contributed by atoms with Crippen molar-refractivity contribution in [2.45, 2.75) is 16.7 Å². The fourth-order valence-corrected chi connectivity index (χ4v) is 7.35. The first-order valence-electron chi connectivity index (χ1n) is 15.0. The van der Waals surface area contributed by atoms with Gasteiger partial charge >= 0.3 is 0 Å². The summed E-state index contributed by atoms with van der Waals surface area (Å²) in [5.41, 5.74) is 4.76. The van der Waals surface area contributed by atoms with E-state index in [-0.39, 0.29) is 38.9 Å². The number of fused-ring (bicyclic) bond motifs is 2. The van der Waals surface area contributed by atoms with Crippen LogP contribution in [0.2, 0.25) is 0 Å². The molecular formula is C34H25N5O11S3. The highest BCUT2D eigenvalue weighted by atomic mass is 32.2. The van der Waals surface area contributed by atoms with Crippen molar-refractivity contribution in [3.05, 3.63) is 125 Å². The third kappa shape index (κ3) is 8.09. The summed E-state index contributed by atoms with van der Waals surface area (Å²) in [6, 6.07) is 22.5. The van der Waals surface area contributed by atoms with Gasteiger partial charge in [-0.3, -0.25) is 28.7 Å². The monoisotopic (exact) mass is 775 g/mol. The van der Waals surface area contributed by atoms with Gasteiger partial charge in [-0.2, -0.15) is 40.6 Å². The number of Topliss-reactive ketones (excluding diaryl/α,β-unsaturated/α-hetero) is 1. The highest BCUT2D eigenvalue weighted by Crippen LogP contribution is 2.33. The van der Waals surface area contributed by atoms with E-state index in [9.17, 15) is 48.5 Å². The standard InChI is InChI=1S/C34H25N5O11S3/c1-19-14-23(12-13-29(19)38-37-24-11-8-21-15-25(51(42,43)44)17-31(28(21)16-24)52(45,46)47)35-34(41)20-6-9-22(10-7-20)36-39-30-18-32(53(48,49)50)26-4-2-3-5-27(26)33(30)40/h2-18,36H,1H3,(H,35,41)(H,42,43,44)(H,45,46,47)(H,48,49,50)/b38-37?,39-30-. The number of allylic oxidation sites excluding steroid dienone is 1. The minimum atomic E-state index is -4.89. The molecule has 270 valence electrons. The third-order valence-corrected chi connectivity index (χ3v) is 10.5. The average molecular weight is 776 g/mol. The second-order valence-corrected chi connectivity index (χ2v) is 15.7. The Labute approximate surface area is 301 Å². The smallest absolute Gasteiger partial charge is 0.295 e. The van der Waals surface area contributed by atoms with Crippen molar-refractivity contribution in [1.82, 2.24) is 0 Å². The lowest BCUT2D eigenvalue weighted by atomic mass is 9.95. The molecule has 0 bridgehead atoms. The average Bonchev–Trinajstić information content (AvgIpc) is 3.09. The molecule has 5 N–H and O–H groups in total. The van der Waals surface area contributed by atoms with Crippen LogP contribution in [-0.4, -0.2) is 56.3 Å². The van der Waals surface area contributed by atoms with Gasteiger partial charge in [-0.05, 0) is 90.7 Å². The van der Waals surface area contributed by atoms with Gasteiger partial charge in [0.1, 0.15) is 15.5 Å². The number of benzene rings is 5. The maximum atomic E-state index is 13.0. The minimum Gasteiger partial charge on any atom is -0.322 e. The fraction of sp³-hybridized carbons (Fsp3) is 0.0294. The van der Waals surface area contributed by atoms with Gasteiger partial charge in [-0.1, -0.05) is 30.3 Å². The number of nitrogens with zero attached hydrogens (tertiary/aromatic N) is 3. The molecule has 53 heavy (non-hydrogen) atoms. The molecule has 1 aliphatic rings. The van der Waals surface area contributed by atoms with Crippen molar-refractivity contribution in [2.75, 3.05) is 10.7 Å². The molecule has 0 aliphatic heterocycles. The number of ketones is 1. The predicted molar refractivity (Wildman–Crippen MR) is 195 cm³/mol. The van der Waals surface area contributed by atoms with E-state index >= 15 is 0 Å². The zero-order chi connectivity index (χ0) is 38.3. The van der Waals surface area contributed by atoms with Crippen LogP contribution < -0.4 is 10.7 Å². The first kappa shape index (κ1) is 36.8. The summed E-state index contributed by atoms with van der Waals surface area (Å²) in [6.45, 7) is 1.71. The second-order valence-electron chi connectivity index (χ2n) is 11.5. The van der Waals surface area contributed by atoms with E-state index < -0.39 is 56.7 Å². The SMILES string of the molecule is Cc1cc(NC(=O)c2ccc(N/N=C3/C=C(S(=O)(=O)O)c4ccccc4C3=O)cc2)ccc1N=Nc1ccc2cc(S(=O)(=O)O)cc(S(=O)(=O)O)c2c1. The topological polar surface area (TPSA) is 258 Å². The third-order valence-electron chi connectivity index (χ3n) is 7.85. The van der Waals surface area contributed by atoms with E-state index in [0.29, 0.717) is 28.7 Å². The number of carbonyl (C=O) groups excluding carboxylic acids is 2. The van der Waals surface area contributed by atoms with Crippen LogP contribution in [0.4, 0.5) is 22.7 Å². The number of azo groups is 1. The Morgan fingerprint density at radius 2 is 1.38 bits per heavy atom. The molecule has 16 nitrogen and oxygen atoms in total. The molecular weight excluding hydrogens is 751 g/mol. The van der Waals surface area contributed by atoms with E-state index in [1.54, 1.807) is 31.2 Å². The molecule has 5 aromatic rings. The van der Waals surface area contributed by atoms with Gasteiger partial charge in [0, 0.05) is 27.8 Å². The summed E-state index contributed by atoms with van der Waals surface area (Å²) in [6.07, 6.45) is 0.974. The summed E-state index contributed by atoms with van der Waals surface area (Å²) < 4.78 is 99.8. The van der Waals surface area contributed by atoms with Crippen molar-refractivity contribution < 1.29 is 48.5 Å². The molecule has 0 heterocycles. The lowest BCUT2D eigenvalue weighted by Crippen LogP contribution is -2.22. The van der Waals surface area contributed by atoms with Crippen LogP contribution in [0.15, 0.2) is 128 Å². The van der Waals surface area contributed by atoms with E-state index in [0.717, 1.165) is 12.1 Å². The molecule has 0 saturated carbocycles. The molecule has 0 fully saturated rings. The van der Waals surface area contributed by atoms with E-state index in [4.69, 9.17) is 0 Å². The lowest BCUT2D eigenvalue weighted by molar-refractivity contribution is 0.102. The van der Waals surface area contributed by atoms with E-state index in [2.05, 4.69) is 26.1 Å². The zero-order valence-electron chi connectivity index (χ0n) is 27.0. The van der Waals surface area contributed by atoms with Crippen LogP contribution in [0.3, 0.4) is 0 Å². The summed E-state index contributed by atoms with van der Waals surface area (Å²) in [4.78, 5) is 23.9. The number of nitrogens with one attached hydrogen (secondary N) is 2. The Bertz CT molecular complexity index is 2800. The number of amides is 1. The Hall–Kier alpha value is -5.96. The summed E-state index contributed by atoms with van der Waals surface area (Å²) in [7, 11) is -14.3. The van der Waals surface area contributed by atoms with Gasteiger partial charge in [-0.15, -0.1) is 0 Å². The summed E-state index contributed by atoms with van der Waals surface area (Å²) >= 11 is 0. The number of carbonyl (C=O) groups is 2. The summed E-state index contributed by atoms with van der Waals surface area (Å²) in [5, 5.41) is 15.1. The van der Waals surface area contributed by atoms with E-state index in [1.165, 1.54) is 60.7 Å². The van der Waals surface area contributed by atoms with Gasteiger partial charge in [0.2, 0.25) is 5.78 Å². The van der Waals surface area contributed by atoms with Gasteiger partial charge < -0.3 is 5.32 Å². The second kappa shape index (κ2) is 13.9. The molecule has 19 heteroatoms.